The van der Waals surface area contributed by atoms with Crippen LogP contribution in [0.25, 0.3) is 0 Å². The van der Waals surface area contributed by atoms with Gasteiger partial charge in [0.1, 0.15) is 0 Å². The Hall–Kier alpha value is -0.570. The maximum atomic E-state index is 11.5. The Labute approximate surface area is 171 Å². The van der Waals surface area contributed by atoms with Gasteiger partial charge in [0.15, 0.2) is 5.96 Å². The van der Waals surface area contributed by atoms with Gasteiger partial charge >= 0.3 is 0 Å². The zero-order valence-corrected chi connectivity index (χ0v) is 19.2. The van der Waals surface area contributed by atoms with Crippen molar-refractivity contribution in [3.05, 3.63) is 0 Å². The number of guanidine groups is 1. The third-order valence-electron chi connectivity index (χ3n) is 4.40. The van der Waals surface area contributed by atoms with Crippen molar-refractivity contribution in [2.45, 2.75) is 40.0 Å². The van der Waals surface area contributed by atoms with E-state index in [2.05, 4.69) is 55.3 Å². The molecule has 1 saturated heterocycles. The van der Waals surface area contributed by atoms with Crippen molar-refractivity contribution >= 4 is 35.8 Å². The molecule has 0 aliphatic carbocycles. The number of halogens is 1. The number of carbonyl (C=O) groups excluding carboxylic acids is 1. The molecule has 0 radical (unpaired) electrons. The van der Waals surface area contributed by atoms with Gasteiger partial charge in [0.2, 0.25) is 5.91 Å². The Morgan fingerprint density at radius 1 is 1.28 bits per heavy atom. The summed E-state index contributed by atoms with van der Waals surface area (Å²) in [6.45, 7) is 11.3. The van der Waals surface area contributed by atoms with E-state index in [4.69, 9.17) is 4.99 Å². The number of nitrogens with zero attached hydrogens (tertiary/aromatic N) is 3. The van der Waals surface area contributed by atoms with Crippen LogP contribution in [0, 0.1) is 11.3 Å². The Morgan fingerprint density at radius 2 is 1.88 bits per heavy atom. The number of rotatable bonds is 7. The van der Waals surface area contributed by atoms with E-state index >= 15 is 0 Å². The highest BCUT2D eigenvalue weighted by molar-refractivity contribution is 14.0. The third-order valence-corrected chi connectivity index (χ3v) is 4.40. The van der Waals surface area contributed by atoms with Gasteiger partial charge in [0, 0.05) is 46.2 Å². The molecule has 1 fully saturated rings. The fraction of sp³-hybridized carbons (Fsp3) is 0.889. The summed E-state index contributed by atoms with van der Waals surface area (Å²) in [6, 6.07) is 0. The minimum atomic E-state index is 0. The molecule has 6 nitrogen and oxygen atoms in total. The predicted octanol–water partition coefficient (Wildman–Crippen LogP) is 2.01. The van der Waals surface area contributed by atoms with Crippen LogP contribution in [0.5, 0.6) is 0 Å². The topological polar surface area (TPSA) is 60.0 Å². The number of aliphatic imine (C=N–C) groups is 1. The summed E-state index contributed by atoms with van der Waals surface area (Å²) >= 11 is 0. The fourth-order valence-electron chi connectivity index (χ4n) is 3.33. The van der Waals surface area contributed by atoms with E-state index in [1.807, 2.05) is 0 Å². The van der Waals surface area contributed by atoms with Gasteiger partial charge in [0.05, 0.1) is 0 Å². The fourth-order valence-corrected chi connectivity index (χ4v) is 3.33. The maximum Gasteiger partial charge on any atom is 0.220 e. The zero-order chi connectivity index (χ0) is 18.2. The normalized spacial score (nSPS) is 16.6. The zero-order valence-electron chi connectivity index (χ0n) is 16.9. The second-order valence-electron chi connectivity index (χ2n) is 7.88. The molecule has 1 rings (SSSR count). The van der Waals surface area contributed by atoms with Gasteiger partial charge in [0.25, 0.3) is 0 Å². The van der Waals surface area contributed by atoms with E-state index in [9.17, 15) is 4.79 Å². The Kier molecular flexibility index (Phi) is 11.7. The molecule has 25 heavy (non-hydrogen) atoms. The molecule has 1 aliphatic heterocycles. The second kappa shape index (κ2) is 11.9. The quantitative estimate of drug-likeness (QED) is 0.342. The smallest absolute Gasteiger partial charge is 0.220 e. The van der Waals surface area contributed by atoms with Gasteiger partial charge < -0.3 is 20.4 Å². The van der Waals surface area contributed by atoms with Crippen LogP contribution in [-0.4, -0.2) is 75.5 Å². The summed E-state index contributed by atoms with van der Waals surface area (Å²) in [6.07, 6.45) is 2.76. The number of hydrogen-bond donors (Lipinski definition) is 2. The van der Waals surface area contributed by atoms with Gasteiger partial charge in [-0.15, -0.1) is 24.0 Å². The third kappa shape index (κ3) is 9.63. The van der Waals surface area contributed by atoms with Crippen molar-refractivity contribution in [3.8, 4) is 0 Å². The SMILES string of the molecule is CCNC(=NCC(C)(C)CN(C)C)N1CCC(CC(=O)NC)CC1.I. The van der Waals surface area contributed by atoms with Crippen molar-refractivity contribution in [3.63, 3.8) is 0 Å². The van der Waals surface area contributed by atoms with Crippen LogP contribution < -0.4 is 10.6 Å². The van der Waals surface area contributed by atoms with E-state index in [1.165, 1.54) is 0 Å². The summed E-state index contributed by atoms with van der Waals surface area (Å²) in [4.78, 5) is 21.0. The first-order valence-corrected chi connectivity index (χ1v) is 9.16. The van der Waals surface area contributed by atoms with Crippen LogP contribution in [0.3, 0.4) is 0 Å². The molecule has 0 bridgehead atoms. The van der Waals surface area contributed by atoms with E-state index in [-0.39, 0.29) is 35.3 Å². The maximum absolute atomic E-state index is 11.5. The first-order valence-electron chi connectivity index (χ1n) is 9.16. The number of carbonyl (C=O) groups is 1. The number of hydrogen-bond acceptors (Lipinski definition) is 3. The van der Waals surface area contributed by atoms with E-state index in [0.717, 1.165) is 51.5 Å². The standard InChI is InChI=1S/C18H37N5O.HI/c1-7-20-17(21-13-18(2,3)14-22(5)6)23-10-8-15(9-11-23)12-16(24)19-4;/h15H,7-14H2,1-6H3,(H,19,24)(H,20,21);1H. The Balaban J connectivity index is 0.00000576. The molecule has 0 atom stereocenters. The molecule has 0 aromatic rings. The second-order valence-corrected chi connectivity index (χ2v) is 7.88. The van der Waals surface area contributed by atoms with Crippen molar-refractivity contribution in [2.75, 3.05) is 53.9 Å². The lowest BCUT2D eigenvalue weighted by atomic mass is 9.93. The Bertz CT molecular complexity index is 418. The molecule has 7 heteroatoms. The molecular formula is C18H38IN5O. The molecule has 148 valence electrons. The minimum Gasteiger partial charge on any atom is -0.359 e. The summed E-state index contributed by atoms with van der Waals surface area (Å²) in [5.41, 5.74) is 0.154. The molecule has 0 spiro atoms. The van der Waals surface area contributed by atoms with Gasteiger partial charge in [-0.25, -0.2) is 0 Å². The van der Waals surface area contributed by atoms with Gasteiger partial charge in [-0.3, -0.25) is 9.79 Å². The number of nitrogens with one attached hydrogen (secondary N) is 2. The Morgan fingerprint density at radius 3 is 2.36 bits per heavy atom. The summed E-state index contributed by atoms with van der Waals surface area (Å²) in [5, 5.41) is 6.15. The summed E-state index contributed by atoms with van der Waals surface area (Å²) < 4.78 is 0. The molecule has 0 aromatic carbocycles. The first kappa shape index (κ1) is 24.4. The molecule has 2 N–H and O–H groups in total. The number of piperidine rings is 1. The molecule has 1 amide bonds. The van der Waals surface area contributed by atoms with Crippen LogP contribution in [-0.2, 0) is 4.79 Å². The largest absolute Gasteiger partial charge is 0.359 e. The van der Waals surface area contributed by atoms with Crippen LogP contribution in [0.4, 0.5) is 0 Å². The molecule has 0 aromatic heterocycles. The van der Waals surface area contributed by atoms with E-state index in [1.54, 1.807) is 7.05 Å². The number of amides is 1. The highest BCUT2D eigenvalue weighted by Crippen LogP contribution is 2.21. The lowest BCUT2D eigenvalue weighted by Gasteiger charge is -2.35. The number of likely N-dealkylation sites (tertiary alicyclic amines) is 1. The van der Waals surface area contributed by atoms with Crippen molar-refractivity contribution in [2.24, 2.45) is 16.3 Å². The molecule has 0 unspecified atom stereocenters. The van der Waals surface area contributed by atoms with E-state index in [0.29, 0.717) is 12.3 Å². The van der Waals surface area contributed by atoms with Gasteiger partial charge in [-0.05, 0) is 45.2 Å². The average Bonchev–Trinajstić information content (AvgIpc) is 2.51. The van der Waals surface area contributed by atoms with Crippen LogP contribution in [0.15, 0.2) is 4.99 Å². The van der Waals surface area contributed by atoms with Gasteiger partial charge in [-0.1, -0.05) is 13.8 Å². The lowest BCUT2D eigenvalue weighted by Crippen LogP contribution is -2.46. The lowest BCUT2D eigenvalue weighted by molar-refractivity contribution is -0.121. The molecule has 0 saturated carbocycles. The average molecular weight is 467 g/mol. The summed E-state index contributed by atoms with van der Waals surface area (Å²) in [5.74, 6) is 1.66. The first-order chi connectivity index (χ1) is 11.3. The minimum absolute atomic E-state index is 0. The monoisotopic (exact) mass is 467 g/mol. The van der Waals surface area contributed by atoms with Crippen LogP contribution in [0.1, 0.15) is 40.0 Å². The molecular weight excluding hydrogens is 429 g/mol. The highest BCUT2D eigenvalue weighted by atomic mass is 127. The van der Waals surface area contributed by atoms with Crippen molar-refractivity contribution in [1.29, 1.82) is 0 Å². The van der Waals surface area contributed by atoms with Gasteiger partial charge in [-0.2, -0.15) is 0 Å². The molecule has 1 aliphatic rings. The van der Waals surface area contributed by atoms with E-state index < -0.39 is 0 Å². The van der Waals surface area contributed by atoms with Crippen LogP contribution >= 0.6 is 24.0 Å². The molecule has 1 heterocycles. The van der Waals surface area contributed by atoms with Crippen molar-refractivity contribution in [1.82, 2.24) is 20.4 Å². The predicted molar refractivity (Wildman–Crippen MR) is 117 cm³/mol. The highest BCUT2D eigenvalue weighted by Gasteiger charge is 2.24. The summed E-state index contributed by atoms with van der Waals surface area (Å²) in [7, 11) is 5.92. The van der Waals surface area contributed by atoms with Crippen molar-refractivity contribution < 1.29 is 4.79 Å². The van der Waals surface area contributed by atoms with Crippen LogP contribution in [0.2, 0.25) is 0 Å².